The highest BCUT2D eigenvalue weighted by Crippen LogP contribution is 2.43. The van der Waals surface area contributed by atoms with Crippen LogP contribution >= 0.6 is 0 Å². The predicted molar refractivity (Wildman–Crippen MR) is 131 cm³/mol. The van der Waals surface area contributed by atoms with Gasteiger partial charge in [0.2, 0.25) is 0 Å². The number of hydrogen-bond donors (Lipinski definition) is 0. The molecule has 5 rings (SSSR count). The number of fused-ring (bicyclic) bond motifs is 1. The van der Waals surface area contributed by atoms with Crippen LogP contribution in [0.3, 0.4) is 0 Å². The Morgan fingerprint density at radius 1 is 0.794 bits per heavy atom. The Balaban J connectivity index is 1.48. The first-order valence-corrected chi connectivity index (χ1v) is 11.8. The third-order valence-corrected chi connectivity index (χ3v) is 7.27. The number of nitrogens with zero attached hydrogens (tertiary/aromatic N) is 2. The van der Waals surface area contributed by atoms with Gasteiger partial charge in [-0.2, -0.15) is 0 Å². The van der Waals surface area contributed by atoms with Gasteiger partial charge in [0.05, 0.1) is 0 Å². The smallest absolute Gasteiger partial charge is 0.196 e. The van der Waals surface area contributed by atoms with Gasteiger partial charge in [-0.1, -0.05) is 54.1 Å². The molecule has 1 heterocycles. The molecule has 34 heavy (non-hydrogen) atoms. The van der Waals surface area contributed by atoms with E-state index in [2.05, 4.69) is 36.9 Å². The van der Waals surface area contributed by atoms with Crippen LogP contribution in [0.4, 0.5) is 4.39 Å². The van der Waals surface area contributed by atoms with Crippen molar-refractivity contribution in [1.82, 2.24) is 9.80 Å². The lowest BCUT2D eigenvalue weighted by atomic mass is 9.81. The number of hydrogen-bond acceptors (Lipinski definition) is 4. The maximum atomic E-state index is 14.5. The summed E-state index contributed by atoms with van der Waals surface area (Å²) in [6.45, 7) is 9.38. The number of aryl methyl sites for hydroxylation is 3. The number of benzene rings is 3. The number of piperazine rings is 1. The van der Waals surface area contributed by atoms with Gasteiger partial charge in [0, 0.05) is 43.9 Å². The van der Waals surface area contributed by atoms with E-state index >= 15 is 0 Å². The molecule has 0 saturated carbocycles. The van der Waals surface area contributed by atoms with Crippen molar-refractivity contribution >= 4 is 11.6 Å². The van der Waals surface area contributed by atoms with Crippen molar-refractivity contribution in [2.45, 2.75) is 32.9 Å². The van der Waals surface area contributed by atoms with Gasteiger partial charge in [-0.15, -0.1) is 0 Å². The first kappa shape index (κ1) is 22.6. The summed E-state index contributed by atoms with van der Waals surface area (Å²) in [5, 5.41) is 0. The molecule has 0 atom stereocenters. The minimum atomic E-state index is -1.51. The van der Waals surface area contributed by atoms with Crippen molar-refractivity contribution in [3.05, 3.63) is 105 Å². The summed E-state index contributed by atoms with van der Waals surface area (Å²) in [5.74, 6) is -0.929. The van der Waals surface area contributed by atoms with E-state index in [1.54, 1.807) is 37.3 Å². The van der Waals surface area contributed by atoms with Crippen molar-refractivity contribution < 1.29 is 14.0 Å². The van der Waals surface area contributed by atoms with Crippen LogP contribution in [0.1, 0.15) is 48.5 Å². The zero-order valence-electron chi connectivity index (χ0n) is 19.9. The Bertz CT molecular complexity index is 1240. The van der Waals surface area contributed by atoms with Gasteiger partial charge >= 0.3 is 0 Å². The van der Waals surface area contributed by atoms with E-state index in [0.717, 1.165) is 19.6 Å². The number of carbonyl (C=O) groups is 2. The third-order valence-electron chi connectivity index (χ3n) is 7.27. The summed E-state index contributed by atoms with van der Waals surface area (Å²) in [5.41, 5.74) is 4.26. The van der Waals surface area contributed by atoms with Crippen LogP contribution in [-0.2, 0) is 12.1 Å². The Morgan fingerprint density at radius 2 is 1.44 bits per heavy atom. The Hall–Kier alpha value is -3.15. The molecule has 0 aromatic heterocycles. The molecule has 0 N–H and O–H groups in total. The van der Waals surface area contributed by atoms with Gasteiger partial charge in [0.15, 0.2) is 17.1 Å². The molecule has 1 aliphatic carbocycles. The van der Waals surface area contributed by atoms with E-state index in [1.807, 2.05) is 4.90 Å². The van der Waals surface area contributed by atoms with E-state index in [-0.39, 0.29) is 11.6 Å². The van der Waals surface area contributed by atoms with Crippen molar-refractivity contribution in [3.8, 4) is 0 Å². The van der Waals surface area contributed by atoms with Crippen molar-refractivity contribution in [2.75, 3.05) is 26.2 Å². The second-order valence-corrected chi connectivity index (χ2v) is 9.62. The number of carbonyl (C=O) groups excluding carboxylic acids is 2. The summed E-state index contributed by atoms with van der Waals surface area (Å²) in [4.78, 5) is 32.1. The molecule has 1 aliphatic heterocycles. The lowest BCUT2D eigenvalue weighted by Gasteiger charge is -2.44. The van der Waals surface area contributed by atoms with Gasteiger partial charge in [-0.3, -0.25) is 19.4 Å². The fourth-order valence-corrected chi connectivity index (χ4v) is 5.55. The zero-order valence-corrected chi connectivity index (χ0v) is 19.9. The zero-order chi connectivity index (χ0) is 24.0. The second-order valence-electron chi connectivity index (χ2n) is 9.62. The Kier molecular flexibility index (Phi) is 5.70. The quantitative estimate of drug-likeness (QED) is 0.527. The second kappa shape index (κ2) is 8.57. The molecule has 2 aliphatic rings. The highest BCUT2D eigenvalue weighted by Gasteiger charge is 2.58. The summed E-state index contributed by atoms with van der Waals surface area (Å²) in [6.07, 6.45) is 0. The number of rotatable bonds is 4. The minimum Gasteiger partial charge on any atom is -0.297 e. The summed E-state index contributed by atoms with van der Waals surface area (Å²) < 4.78 is 14.5. The molecular weight excluding hydrogens is 427 g/mol. The molecule has 0 radical (unpaired) electrons. The Morgan fingerprint density at radius 3 is 2.03 bits per heavy atom. The number of halogens is 1. The first-order chi connectivity index (χ1) is 16.3. The maximum Gasteiger partial charge on any atom is 0.196 e. The molecule has 174 valence electrons. The highest BCUT2D eigenvalue weighted by atomic mass is 19.1. The fourth-order valence-electron chi connectivity index (χ4n) is 5.55. The molecule has 5 heteroatoms. The molecule has 3 aromatic rings. The van der Waals surface area contributed by atoms with E-state index in [1.165, 1.54) is 28.8 Å². The van der Waals surface area contributed by atoms with Gasteiger partial charge in [-0.25, -0.2) is 4.39 Å². The van der Waals surface area contributed by atoms with Gasteiger partial charge in [-0.05, 0) is 55.2 Å². The monoisotopic (exact) mass is 456 g/mol. The van der Waals surface area contributed by atoms with Crippen molar-refractivity contribution in [3.63, 3.8) is 0 Å². The van der Waals surface area contributed by atoms with Crippen molar-refractivity contribution in [2.24, 2.45) is 0 Å². The van der Waals surface area contributed by atoms with Crippen molar-refractivity contribution in [1.29, 1.82) is 0 Å². The minimum absolute atomic E-state index is 0.249. The summed E-state index contributed by atoms with van der Waals surface area (Å²) in [7, 11) is 0. The van der Waals surface area contributed by atoms with Crippen LogP contribution in [0.5, 0.6) is 0 Å². The molecule has 1 saturated heterocycles. The van der Waals surface area contributed by atoms with Gasteiger partial charge < -0.3 is 0 Å². The lowest BCUT2D eigenvalue weighted by molar-refractivity contribution is 0.0278. The lowest BCUT2D eigenvalue weighted by Crippen LogP contribution is -2.60. The van der Waals surface area contributed by atoms with Crippen LogP contribution in [0, 0.1) is 26.6 Å². The maximum absolute atomic E-state index is 14.5. The van der Waals surface area contributed by atoms with Crippen LogP contribution in [-0.4, -0.2) is 47.5 Å². The average Bonchev–Trinajstić information content (AvgIpc) is 3.03. The summed E-state index contributed by atoms with van der Waals surface area (Å²) >= 11 is 0. The molecular formula is C29H29FN2O2. The van der Waals surface area contributed by atoms with E-state index < -0.39 is 11.4 Å². The van der Waals surface area contributed by atoms with Crippen LogP contribution in [0.2, 0.25) is 0 Å². The predicted octanol–water partition coefficient (Wildman–Crippen LogP) is 4.84. The molecule has 4 nitrogen and oxygen atoms in total. The Labute approximate surface area is 200 Å². The third kappa shape index (κ3) is 3.60. The van der Waals surface area contributed by atoms with E-state index in [4.69, 9.17) is 0 Å². The molecule has 0 spiro atoms. The average molecular weight is 457 g/mol. The van der Waals surface area contributed by atoms with E-state index in [0.29, 0.717) is 35.3 Å². The molecule has 3 aromatic carbocycles. The van der Waals surface area contributed by atoms with Crippen LogP contribution in [0.15, 0.2) is 60.7 Å². The van der Waals surface area contributed by atoms with Crippen LogP contribution < -0.4 is 0 Å². The molecule has 0 unspecified atom stereocenters. The van der Waals surface area contributed by atoms with Crippen LogP contribution in [0.25, 0.3) is 0 Å². The summed E-state index contributed by atoms with van der Waals surface area (Å²) in [6, 6.07) is 18.0. The largest absolute Gasteiger partial charge is 0.297 e. The molecule has 0 amide bonds. The molecule has 0 bridgehead atoms. The first-order valence-electron chi connectivity index (χ1n) is 11.8. The van der Waals surface area contributed by atoms with Gasteiger partial charge in [0.25, 0.3) is 0 Å². The van der Waals surface area contributed by atoms with E-state index in [9.17, 15) is 14.0 Å². The SMILES string of the molecule is Cc1cc(F)cc(C2(N3CCN(Cc4ccc(C)cc4C)CC3)C(=O)c3ccccc3C2=O)c1. The standard InChI is InChI=1S/C29H29FN2O2/c1-19-8-9-22(21(3)14-19)18-31-10-12-32(13-11-31)29(23-15-20(2)16-24(30)17-23)27(33)25-6-4-5-7-26(25)28(29)34/h4-9,14-17H,10-13,18H2,1-3H3. The number of ketones is 2. The highest BCUT2D eigenvalue weighted by molar-refractivity contribution is 6.32. The fraction of sp³-hybridized carbons (Fsp3) is 0.310. The topological polar surface area (TPSA) is 40.6 Å². The normalized spacial score (nSPS) is 18.4. The number of Topliss-reactive ketones (excluding diaryl/α,β-unsaturated/α-hetero) is 2. The van der Waals surface area contributed by atoms with Gasteiger partial charge in [0.1, 0.15) is 5.82 Å². The molecule has 1 fully saturated rings.